The van der Waals surface area contributed by atoms with Crippen molar-refractivity contribution < 1.29 is 15.3 Å². The van der Waals surface area contributed by atoms with Crippen LogP contribution in [-0.2, 0) is 0 Å². The van der Waals surface area contributed by atoms with Gasteiger partial charge in [-0.3, -0.25) is 4.48 Å². The summed E-state index contributed by atoms with van der Waals surface area (Å²) in [5.41, 5.74) is 0.928. The molecule has 84 valence electrons. The predicted molar refractivity (Wildman–Crippen MR) is 57.5 cm³/mol. The Balaban J connectivity index is 2.92. The van der Waals surface area contributed by atoms with E-state index in [9.17, 15) is 5.11 Å². The zero-order chi connectivity index (χ0) is 11.3. The van der Waals surface area contributed by atoms with E-state index in [0.29, 0.717) is 17.6 Å². The summed E-state index contributed by atoms with van der Waals surface area (Å²) in [5.74, 6) is -0.0294. The first-order valence-electron chi connectivity index (χ1n) is 4.96. The molecule has 2 N–H and O–H groups in total. The second-order valence-electron chi connectivity index (χ2n) is 3.78. The van der Waals surface area contributed by atoms with Gasteiger partial charge in [-0.25, -0.2) is 0 Å². The highest BCUT2D eigenvalue weighted by molar-refractivity contribution is 5.45. The second-order valence-corrected chi connectivity index (χ2v) is 3.78. The fraction of sp³-hybridized carbons (Fsp3) is 0.455. The lowest BCUT2D eigenvalue weighted by molar-refractivity contribution is -0.268. The lowest BCUT2D eigenvalue weighted by Gasteiger charge is -2.33. The van der Waals surface area contributed by atoms with Crippen molar-refractivity contribution in [2.45, 2.75) is 0 Å². The molecule has 1 aromatic carbocycles. The molecule has 0 aliphatic heterocycles. The fourth-order valence-electron chi connectivity index (χ4n) is 1.62. The van der Waals surface area contributed by atoms with Crippen molar-refractivity contribution in [1.29, 1.82) is 0 Å². The highest BCUT2D eigenvalue weighted by Crippen LogP contribution is 2.22. The van der Waals surface area contributed by atoms with Gasteiger partial charge >= 0.3 is 0 Å². The second kappa shape index (κ2) is 5.11. The molecule has 1 rings (SSSR count). The molecule has 0 fully saturated rings. The van der Waals surface area contributed by atoms with E-state index in [1.54, 1.807) is 12.1 Å². The van der Waals surface area contributed by atoms with Gasteiger partial charge in [0.2, 0.25) is 0 Å². The Labute approximate surface area is 89.6 Å². The topological polar surface area (TPSA) is 63.5 Å². The number of aliphatic hydroxyl groups is 2. The molecule has 0 bridgehead atoms. The first-order valence-corrected chi connectivity index (χ1v) is 4.96. The minimum Gasteiger partial charge on any atom is -0.872 e. The van der Waals surface area contributed by atoms with Crippen molar-refractivity contribution in [3.05, 3.63) is 24.3 Å². The van der Waals surface area contributed by atoms with E-state index in [-0.39, 0.29) is 19.0 Å². The third-order valence-corrected chi connectivity index (χ3v) is 2.65. The van der Waals surface area contributed by atoms with Crippen LogP contribution in [0.5, 0.6) is 5.75 Å². The molecule has 0 spiro atoms. The van der Waals surface area contributed by atoms with Gasteiger partial charge in [0.25, 0.3) is 0 Å². The Morgan fingerprint density at radius 3 is 1.93 bits per heavy atom. The van der Waals surface area contributed by atoms with E-state index in [2.05, 4.69) is 0 Å². The molecular weight excluding hydrogens is 194 g/mol. The maximum absolute atomic E-state index is 11.0. The fourth-order valence-corrected chi connectivity index (χ4v) is 1.62. The maximum Gasteiger partial charge on any atom is 0.132 e. The van der Waals surface area contributed by atoms with Crippen molar-refractivity contribution in [1.82, 2.24) is 4.48 Å². The normalized spacial score (nSPS) is 11.7. The number of aliphatic hydroxyl groups excluding tert-OH is 2. The van der Waals surface area contributed by atoms with E-state index in [1.165, 1.54) is 12.1 Å². The van der Waals surface area contributed by atoms with Gasteiger partial charge in [-0.1, -0.05) is 12.1 Å². The van der Waals surface area contributed by atoms with Crippen LogP contribution in [0.15, 0.2) is 24.3 Å². The highest BCUT2D eigenvalue weighted by Gasteiger charge is 2.23. The molecule has 0 aliphatic rings. The van der Waals surface area contributed by atoms with E-state index >= 15 is 0 Å². The van der Waals surface area contributed by atoms with Crippen LogP contribution in [0.1, 0.15) is 0 Å². The number of hydrogen-bond acceptors (Lipinski definition) is 3. The first kappa shape index (κ1) is 12.0. The zero-order valence-electron chi connectivity index (χ0n) is 8.89. The van der Waals surface area contributed by atoms with Gasteiger partial charge < -0.3 is 15.3 Å². The molecule has 0 saturated heterocycles. The summed E-state index contributed by atoms with van der Waals surface area (Å²) < 4.78 is 0.438. The smallest absolute Gasteiger partial charge is 0.132 e. The van der Waals surface area contributed by atoms with Crippen LogP contribution in [0.25, 0.3) is 0 Å². The van der Waals surface area contributed by atoms with E-state index in [1.807, 2.05) is 7.05 Å². The van der Waals surface area contributed by atoms with Crippen LogP contribution in [0.4, 0.5) is 5.69 Å². The molecule has 0 aromatic heterocycles. The number of hydrogen-bond donors (Lipinski definition) is 2. The first-order chi connectivity index (χ1) is 7.12. The van der Waals surface area contributed by atoms with E-state index in [0.717, 1.165) is 5.69 Å². The molecule has 4 nitrogen and oxygen atoms in total. The Morgan fingerprint density at radius 1 is 1.07 bits per heavy atom. The number of rotatable bonds is 5. The molecule has 0 amide bonds. The minimum absolute atomic E-state index is 0.0294. The van der Waals surface area contributed by atoms with Crippen molar-refractivity contribution in [3.63, 3.8) is 0 Å². The van der Waals surface area contributed by atoms with Crippen LogP contribution in [-0.4, -0.2) is 43.6 Å². The SMILES string of the molecule is C[N+](CCO)(CCO)c1ccc([O-])cc1. The van der Waals surface area contributed by atoms with Gasteiger partial charge in [-0.2, -0.15) is 0 Å². The maximum atomic E-state index is 11.0. The molecule has 0 aliphatic carbocycles. The molecule has 15 heavy (non-hydrogen) atoms. The van der Waals surface area contributed by atoms with E-state index in [4.69, 9.17) is 10.2 Å². The molecule has 1 aromatic rings. The number of benzene rings is 1. The van der Waals surface area contributed by atoms with Gasteiger partial charge in [0.05, 0.1) is 20.3 Å². The monoisotopic (exact) mass is 211 g/mol. The number of likely N-dealkylation sites (N-methyl/N-ethyl adjacent to an activating group) is 1. The number of nitrogens with zero attached hydrogens (tertiary/aromatic N) is 1. The zero-order valence-corrected chi connectivity index (χ0v) is 8.89. The summed E-state index contributed by atoms with van der Waals surface area (Å²) in [4.78, 5) is 0. The summed E-state index contributed by atoms with van der Waals surface area (Å²) in [7, 11) is 1.92. The van der Waals surface area contributed by atoms with Crippen LogP contribution >= 0.6 is 0 Å². The van der Waals surface area contributed by atoms with Crippen LogP contribution in [0, 0.1) is 0 Å². The Bertz CT molecular complexity index is 291. The molecule has 0 unspecified atom stereocenters. The van der Waals surface area contributed by atoms with Crippen molar-refractivity contribution in [3.8, 4) is 5.75 Å². The predicted octanol–water partition coefficient (Wildman–Crippen LogP) is -0.318. The molecule has 0 atom stereocenters. The average Bonchev–Trinajstić information content (AvgIpc) is 2.19. The highest BCUT2D eigenvalue weighted by atomic mass is 16.3. The summed E-state index contributed by atoms with van der Waals surface area (Å²) in [6.45, 7) is 1.16. The van der Waals surface area contributed by atoms with Crippen LogP contribution < -0.4 is 9.59 Å². The van der Waals surface area contributed by atoms with Gasteiger partial charge in [0.1, 0.15) is 18.8 Å². The van der Waals surface area contributed by atoms with Crippen LogP contribution in [0.2, 0.25) is 0 Å². The summed E-state index contributed by atoms with van der Waals surface area (Å²) in [5, 5.41) is 28.9. The Hall–Kier alpha value is -1.10. The summed E-state index contributed by atoms with van der Waals surface area (Å²) >= 11 is 0. The van der Waals surface area contributed by atoms with Gasteiger partial charge in [0, 0.05) is 0 Å². The summed E-state index contributed by atoms with van der Waals surface area (Å²) in [6.07, 6.45) is 0. The minimum atomic E-state index is -0.0294. The Kier molecular flexibility index (Phi) is 4.08. The standard InChI is InChI=1S/C11H17NO3/c1-12(6-8-13,7-9-14)10-2-4-11(15)5-3-10/h2-5,13-14H,6-9H2,1H3. The van der Waals surface area contributed by atoms with Gasteiger partial charge in [-0.05, 0) is 12.1 Å². The quantitative estimate of drug-likeness (QED) is 0.656. The van der Waals surface area contributed by atoms with Gasteiger partial charge in [-0.15, -0.1) is 5.75 Å². The molecule has 0 heterocycles. The average molecular weight is 211 g/mol. The third kappa shape index (κ3) is 2.92. The molecule has 4 heteroatoms. The van der Waals surface area contributed by atoms with Crippen molar-refractivity contribution in [2.75, 3.05) is 33.4 Å². The molecule has 0 saturated carbocycles. The Morgan fingerprint density at radius 2 is 1.53 bits per heavy atom. The number of quaternary nitrogens is 1. The van der Waals surface area contributed by atoms with Crippen molar-refractivity contribution in [2.24, 2.45) is 0 Å². The third-order valence-electron chi connectivity index (χ3n) is 2.65. The lowest BCUT2D eigenvalue weighted by Crippen LogP contribution is -2.49. The molecule has 0 radical (unpaired) electrons. The van der Waals surface area contributed by atoms with Crippen molar-refractivity contribution >= 4 is 5.69 Å². The molecular formula is C11H17NO3. The lowest BCUT2D eigenvalue weighted by atomic mass is 10.2. The van der Waals surface area contributed by atoms with Gasteiger partial charge in [0.15, 0.2) is 0 Å². The van der Waals surface area contributed by atoms with Crippen LogP contribution in [0.3, 0.4) is 0 Å². The largest absolute Gasteiger partial charge is 0.872 e. The summed E-state index contributed by atoms with van der Waals surface area (Å²) in [6, 6.07) is 6.49. The van der Waals surface area contributed by atoms with E-state index < -0.39 is 0 Å².